The molecule has 0 heterocycles. The average Bonchev–Trinajstić information content (AvgIpc) is 2.11. The van der Waals surface area contributed by atoms with Crippen LogP contribution in [-0.4, -0.2) is 19.7 Å². The third kappa shape index (κ3) is 4.82. The van der Waals surface area contributed by atoms with Crippen molar-refractivity contribution in [2.24, 2.45) is 0 Å². The van der Waals surface area contributed by atoms with Crippen LogP contribution in [0.5, 0.6) is 0 Å². The smallest absolute Gasteiger partial charge is 0.317 e. The topological polar surface area (TPSA) is 60.7 Å². The van der Waals surface area contributed by atoms with Crippen LogP contribution < -0.4 is 0 Å². The van der Waals surface area contributed by atoms with E-state index >= 15 is 0 Å². The van der Waals surface area contributed by atoms with Crippen LogP contribution in [0.15, 0.2) is 11.7 Å². The zero-order chi connectivity index (χ0) is 11.2. The van der Waals surface area contributed by atoms with E-state index in [4.69, 9.17) is 38.5 Å². The van der Waals surface area contributed by atoms with Gasteiger partial charge in [-0.3, -0.25) is 0 Å². The predicted molar refractivity (Wildman–Crippen MR) is 58.1 cm³/mol. The third-order valence-corrected chi connectivity index (χ3v) is 2.64. The molecule has 0 saturated carbocycles. The van der Waals surface area contributed by atoms with Crippen molar-refractivity contribution in [1.29, 1.82) is 0 Å². The number of halogens is 2. The van der Waals surface area contributed by atoms with Gasteiger partial charge in [-0.05, 0) is 12.8 Å². The zero-order valence-electron chi connectivity index (χ0n) is 8.13. The van der Waals surface area contributed by atoms with E-state index in [0.717, 1.165) is 25.7 Å². The first-order valence-electron chi connectivity index (χ1n) is 4.61. The summed E-state index contributed by atoms with van der Waals surface area (Å²) in [6.45, 7) is 2.07. The van der Waals surface area contributed by atoms with E-state index in [2.05, 4.69) is 6.92 Å². The van der Waals surface area contributed by atoms with E-state index in [0.29, 0.717) is 6.42 Å². The van der Waals surface area contributed by atoms with Gasteiger partial charge in [-0.1, -0.05) is 49.4 Å². The first kappa shape index (κ1) is 13.7. The third-order valence-electron chi connectivity index (χ3n) is 1.90. The normalized spacial score (nSPS) is 11.4. The molecule has 0 saturated heterocycles. The van der Waals surface area contributed by atoms with Gasteiger partial charge in [0.1, 0.15) is 0 Å². The van der Waals surface area contributed by atoms with Crippen LogP contribution in [0.4, 0.5) is 0 Å². The van der Waals surface area contributed by atoms with Crippen molar-refractivity contribution >= 4 is 23.2 Å². The van der Waals surface area contributed by atoms with Gasteiger partial charge < -0.3 is 15.3 Å². The highest BCUT2D eigenvalue weighted by atomic mass is 35.5. The fourth-order valence-electron chi connectivity index (χ4n) is 1.06. The number of hydrogen-bond donors (Lipinski definition) is 3. The lowest BCUT2D eigenvalue weighted by atomic mass is 10.1. The molecule has 3 nitrogen and oxygen atoms in total. The molecule has 0 aliphatic heterocycles. The lowest BCUT2D eigenvalue weighted by molar-refractivity contribution is 0.151. The molecule has 0 aromatic heterocycles. The molecule has 0 fully saturated rings. The quantitative estimate of drug-likeness (QED) is 0.375. The van der Waals surface area contributed by atoms with Gasteiger partial charge in [0.05, 0.1) is 0 Å². The molecule has 0 amide bonds. The highest BCUT2D eigenvalue weighted by molar-refractivity contribution is 6.50. The van der Waals surface area contributed by atoms with Crippen molar-refractivity contribution in [2.75, 3.05) is 0 Å². The first-order valence-corrected chi connectivity index (χ1v) is 5.37. The molecular formula is C9H16Cl2O3. The molecule has 14 heavy (non-hydrogen) atoms. The average molecular weight is 243 g/mol. The molecule has 0 aliphatic rings. The van der Waals surface area contributed by atoms with Crippen molar-refractivity contribution in [1.82, 2.24) is 0 Å². The summed E-state index contributed by atoms with van der Waals surface area (Å²) in [5.74, 6) is -2.00. The molecule has 0 unspecified atom stereocenters. The minimum atomic E-state index is -1.59. The molecule has 0 spiro atoms. The summed E-state index contributed by atoms with van der Waals surface area (Å²) < 4.78 is -1.59. The fourth-order valence-corrected chi connectivity index (χ4v) is 1.49. The summed E-state index contributed by atoms with van der Waals surface area (Å²) in [6.07, 6.45) is 4.14. The summed E-state index contributed by atoms with van der Waals surface area (Å²) in [5.41, 5.74) is 0. The van der Waals surface area contributed by atoms with Gasteiger partial charge in [-0.2, -0.15) is 0 Å². The number of aliphatic hydroxyl groups is 3. The Morgan fingerprint density at radius 1 is 1.07 bits per heavy atom. The van der Waals surface area contributed by atoms with Crippen LogP contribution in [0.25, 0.3) is 0 Å². The van der Waals surface area contributed by atoms with Crippen LogP contribution in [-0.2, 0) is 0 Å². The number of allylic oxidation sites excluding steroid dienone is 1. The van der Waals surface area contributed by atoms with Gasteiger partial charge in [0.15, 0.2) is 4.33 Å². The number of alkyl halides is 2. The maximum absolute atomic E-state index is 9.13. The summed E-state index contributed by atoms with van der Waals surface area (Å²) in [7, 11) is 0. The Morgan fingerprint density at radius 3 is 2.07 bits per heavy atom. The van der Waals surface area contributed by atoms with Gasteiger partial charge in [-0.25, -0.2) is 0 Å². The van der Waals surface area contributed by atoms with Crippen LogP contribution in [0.1, 0.15) is 39.0 Å². The molecule has 0 aliphatic carbocycles. The standard InChI is InChI=1S/C9H16Cl2O3/c1-2-3-4-5-6-9(10,11)7(12)8(13)14/h12-14H,2-6H2,1H3. The second-order valence-electron chi connectivity index (χ2n) is 3.19. The summed E-state index contributed by atoms with van der Waals surface area (Å²) >= 11 is 11.4. The van der Waals surface area contributed by atoms with E-state index in [9.17, 15) is 0 Å². The molecule has 0 aromatic rings. The Morgan fingerprint density at radius 2 is 1.64 bits per heavy atom. The second kappa shape index (κ2) is 6.25. The van der Waals surface area contributed by atoms with Crippen molar-refractivity contribution in [2.45, 2.75) is 43.4 Å². The van der Waals surface area contributed by atoms with E-state index < -0.39 is 16.0 Å². The Hall–Kier alpha value is -0.280. The van der Waals surface area contributed by atoms with E-state index in [1.807, 2.05) is 0 Å². The molecule has 0 radical (unpaired) electrons. The van der Waals surface area contributed by atoms with Crippen molar-refractivity contribution in [3.05, 3.63) is 11.7 Å². The van der Waals surface area contributed by atoms with Gasteiger partial charge in [-0.15, -0.1) is 0 Å². The molecule has 0 atom stereocenters. The van der Waals surface area contributed by atoms with E-state index in [-0.39, 0.29) is 0 Å². The van der Waals surface area contributed by atoms with Crippen LogP contribution >= 0.6 is 23.2 Å². The van der Waals surface area contributed by atoms with Crippen LogP contribution in [0.2, 0.25) is 0 Å². The summed E-state index contributed by atoms with van der Waals surface area (Å²) in [5, 5.41) is 26.3. The summed E-state index contributed by atoms with van der Waals surface area (Å²) in [4.78, 5) is 0. The Labute approximate surface area is 94.0 Å². The highest BCUT2D eigenvalue weighted by Gasteiger charge is 2.32. The minimum Gasteiger partial charge on any atom is -0.503 e. The Bertz CT molecular complexity index is 198. The maximum atomic E-state index is 9.13. The maximum Gasteiger partial charge on any atom is 0.317 e. The molecular weight excluding hydrogens is 227 g/mol. The van der Waals surface area contributed by atoms with Crippen LogP contribution in [0.3, 0.4) is 0 Å². The van der Waals surface area contributed by atoms with Gasteiger partial charge >= 0.3 is 5.95 Å². The summed E-state index contributed by atoms with van der Waals surface area (Å²) in [6, 6.07) is 0. The van der Waals surface area contributed by atoms with Gasteiger partial charge in [0.2, 0.25) is 5.76 Å². The lowest BCUT2D eigenvalue weighted by Crippen LogP contribution is -2.18. The Kier molecular flexibility index (Phi) is 6.12. The molecule has 5 heteroatoms. The fraction of sp³-hybridized carbons (Fsp3) is 0.778. The highest BCUT2D eigenvalue weighted by Crippen LogP contribution is 2.35. The monoisotopic (exact) mass is 242 g/mol. The van der Waals surface area contributed by atoms with E-state index in [1.54, 1.807) is 0 Å². The number of rotatable bonds is 6. The second-order valence-corrected chi connectivity index (χ2v) is 4.67. The predicted octanol–water partition coefficient (Wildman–Crippen LogP) is 3.97. The number of aliphatic hydroxyl groups excluding tert-OH is 2. The van der Waals surface area contributed by atoms with Crippen molar-refractivity contribution in [3.8, 4) is 0 Å². The lowest BCUT2D eigenvalue weighted by Gasteiger charge is -2.17. The van der Waals surface area contributed by atoms with Gasteiger partial charge in [0.25, 0.3) is 0 Å². The van der Waals surface area contributed by atoms with Gasteiger partial charge in [0, 0.05) is 0 Å². The molecule has 0 aromatic carbocycles. The molecule has 0 bridgehead atoms. The van der Waals surface area contributed by atoms with E-state index in [1.165, 1.54) is 0 Å². The van der Waals surface area contributed by atoms with Crippen molar-refractivity contribution < 1.29 is 15.3 Å². The first-order chi connectivity index (χ1) is 6.41. The SMILES string of the molecule is CCCCCCC(Cl)(Cl)C(O)=C(O)O. The Balaban J connectivity index is 4.02. The molecule has 84 valence electrons. The molecule has 3 N–H and O–H groups in total. The molecule has 0 rings (SSSR count). The zero-order valence-corrected chi connectivity index (χ0v) is 9.64. The number of unbranched alkanes of at least 4 members (excludes halogenated alkanes) is 3. The minimum absolute atomic E-state index is 0.298. The van der Waals surface area contributed by atoms with Crippen LogP contribution in [0, 0.1) is 0 Å². The number of hydrogen-bond acceptors (Lipinski definition) is 3. The largest absolute Gasteiger partial charge is 0.503 e. The van der Waals surface area contributed by atoms with Crippen molar-refractivity contribution in [3.63, 3.8) is 0 Å².